The quantitative estimate of drug-likeness (QED) is 0.317. The van der Waals surface area contributed by atoms with Gasteiger partial charge in [-0.25, -0.2) is 8.42 Å². The lowest BCUT2D eigenvalue weighted by Crippen LogP contribution is -2.31. The van der Waals surface area contributed by atoms with Crippen molar-refractivity contribution in [2.75, 3.05) is 30.5 Å². The van der Waals surface area contributed by atoms with Crippen LogP contribution in [0.1, 0.15) is 24.0 Å². The van der Waals surface area contributed by atoms with Crippen LogP contribution in [-0.4, -0.2) is 44.7 Å². The number of hydrogen-bond donors (Lipinski definition) is 1. The van der Waals surface area contributed by atoms with E-state index in [1.807, 2.05) is 0 Å². The maximum Gasteiger partial charge on any atom is 0.266 e. The smallest absolute Gasteiger partial charge is 0.266 e. The van der Waals surface area contributed by atoms with Crippen LogP contribution in [0.25, 0.3) is 0 Å². The number of halogens is 3. The predicted octanol–water partition coefficient (Wildman–Crippen LogP) is 6.53. The van der Waals surface area contributed by atoms with Gasteiger partial charge < -0.3 is 9.84 Å². The molecule has 0 radical (unpaired) electrons. The highest BCUT2D eigenvalue weighted by molar-refractivity contribution is 7.93. The fraction of sp³-hybridized carbons (Fsp3) is 0.308. The summed E-state index contributed by atoms with van der Waals surface area (Å²) in [5, 5.41) is 10.4. The van der Waals surface area contributed by atoms with Crippen molar-refractivity contribution in [1.82, 2.24) is 4.90 Å². The molecule has 1 fully saturated rings. The lowest BCUT2D eigenvalue weighted by Gasteiger charge is -2.27. The first-order valence-electron chi connectivity index (χ1n) is 11.6. The Balaban J connectivity index is 1.65. The maximum atomic E-state index is 13.9. The summed E-state index contributed by atoms with van der Waals surface area (Å²) < 4.78 is 35.0. The molecule has 0 saturated carbocycles. The van der Waals surface area contributed by atoms with Gasteiger partial charge in [-0.2, -0.15) is 0 Å². The zero-order valence-corrected chi connectivity index (χ0v) is 22.8. The minimum Gasteiger partial charge on any atom is -0.508 e. The van der Waals surface area contributed by atoms with Crippen LogP contribution in [0, 0.1) is 6.92 Å². The summed E-state index contributed by atoms with van der Waals surface area (Å²) in [5.41, 5.74) is 1.36. The van der Waals surface area contributed by atoms with E-state index in [4.69, 9.17) is 39.5 Å². The third-order valence-electron chi connectivity index (χ3n) is 6.09. The van der Waals surface area contributed by atoms with Crippen LogP contribution in [0.3, 0.4) is 0 Å². The summed E-state index contributed by atoms with van der Waals surface area (Å²) >= 11 is 18.8. The van der Waals surface area contributed by atoms with Crippen molar-refractivity contribution >= 4 is 50.5 Å². The largest absolute Gasteiger partial charge is 0.508 e. The van der Waals surface area contributed by atoms with Crippen molar-refractivity contribution in [2.45, 2.75) is 31.2 Å². The molecule has 10 heteroatoms. The molecule has 0 unspecified atom stereocenters. The maximum absolute atomic E-state index is 13.9. The molecule has 3 aromatic rings. The number of hydrogen-bond acceptors (Lipinski definition) is 5. The van der Waals surface area contributed by atoms with Gasteiger partial charge in [0.15, 0.2) is 0 Å². The number of phenolic OH excluding ortho intramolecular Hbond substituents is 1. The number of aryl methyl sites for hydroxylation is 1. The van der Waals surface area contributed by atoms with E-state index in [-0.39, 0.29) is 27.2 Å². The number of nitrogens with zero attached hydrogens (tertiary/aromatic N) is 2. The van der Waals surface area contributed by atoms with Gasteiger partial charge in [0.1, 0.15) is 23.0 Å². The van der Waals surface area contributed by atoms with Crippen molar-refractivity contribution in [2.24, 2.45) is 0 Å². The fourth-order valence-corrected chi connectivity index (χ4v) is 7.09. The van der Waals surface area contributed by atoms with Crippen LogP contribution < -0.4 is 9.04 Å². The van der Waals surface area contributed by atoms with E-state index in [9.17, 15) is 13.5 Å². The Kier molecular flexibility index (Phi) is 8.58. The monoisotopic (exact) mass is 568 g/mol. The summed E-state index contributed by atoms with van der Waals surface area (Å²) in [6.45, 7) is 5.19. The minimum atomic E-state index is -4.12. The molecule has 0 aromatic heterocycles. The zero-order chi connectivity index (χ0) is 25.9. The highest BCUT2D eigenvalue weighted by atomic mass is 35.5. The first-order valence-corrected chi connectivity index (χ1v) is 14.1. The standard InChI is InChI=1S/C26H27Cl3N2O4S/c1-18-14-20(27)15-25(29)26(18)36(33,34)31(17-19-4-7-22(32)16-24(19)28)21-5-8-23(9-6-21)35-13-12-30-10-2-3-11-30/h4-9,14-16,32H,2-3,10-13,17H2,1H3. The van der Waals surface area contributed by atoms with Gasteiger partial charge in [-0.3, -0.25) is 9.21 Å². The second-order valence-electron chi connectivity index (χ2n) is 8.71. The van der Waals surface area contributed by atoms with Crippen molar-refractivity contribution in [1.29, 1.82) is 0 Å². The number of anilines is 1. The summed E-state index contributed by atoms with van der Waals surface area (Å²) in [6, 6.07) is 14.3. The molecule has 0 spiro atoms. The molecular weight excluding hydrogens is 543 g/mol. The summed E-state index contributed by atoms with van der Waals surface area (Å²) in [7, 11) is -4.12. The molecule has 6 nitrogen and oxygen atoms in total. The number of ether oxygens (including phenoxy) is 1. The average Bonchev–Trinajstić information content (AvgIpc) is 3.32. The Morgan fingerprint density at radius 2 is 1.67 bits per heavy atom. The third-order valence-corrected chi connectivity index (χ3v) is 9.05. The van der Waals surface area contributed by atoms with Gasteiger partial charge in [-0.1, -0.05) is 40.9 Å². The van der Waals surface area contributed by atoms with E-state index in [1.54, 1.807) is 43.3 Å². The van der Waals surface area contributed by atoms with E-state index in [0.717, 1.165) is 19.6 Å². The molecule has 0 amide bonds. The SMILES string of the molecule is Cc1cc(Cl)cc(Cl)c1S(=O)(=O)N(Cc1ccc(O)cc1Cl)c1ccc(OCCN2CCCC2)cc1. The van der Waals surface area contributed by atoms with E-state index in [0.29, 0.717) is 34.2 Å². The second kappa shape index (κ2) is 11.5. The fourth-order valence-electron chi connectivity index (χ4n) is 4.27. The molecule has 0 bridgehead atoms. The van der Waals surface area contributed by atoms with Gasteiger partial charge in [0, 0.05) is 16.6 Å². The Hall–Kier alpha value is -2.16. The lowest BCUT2D eigenvalue weighted by atomic mass is 10.2. The van der Waals surface area contributed by atoms with Crippen molar-refractivity contribution in [3.05, 3.63) is 80.8 Å². The first-order chi connectivity index (χ1) is 17.1. The highest BCUT2D eigenvalue weighted by Crippen LogP contribution is 2.36. The molecule has 0 atom stereocenters. The van der Waals surface area contributed by atoms with Crippen LogP contribution in [-0.2, 0) is 16.6 Å². The van der Waals surface area contributed by atoms with Crippen molar-refractivity contribution in [3.8, 4) is 11.5 Å². The molecule has 192 valence electrons. The molecule has 1 saturated heterocycles. The number of phenols is 1. The van der Waals surface area contributed by atoms with Crippen LogP contribution >= 0.6 is 34.8 Å². The summed E-state index contributed by atoms with van der Waals surface area (Å²) in [6.07, 6.45) is 2.45. The molecule has 1 N–H and O–H groups in total. The number of sulfonamides is 1. The van der Waals surface area contributed by atoms with Gasteiger partial charge in [-0.05, 0) is 92.5 Å². The normalized spacial score (nSPS) is 14.2. The van der Waals surface area contributed by atoms with Gasteiger partial charge in [0.05, 0.1) is 17.3 Å². The van der Waals surface area contributed by atoms with Crippen LogP contribution in [0.4, 0.5) is 5.69 Å². The number of rotatable bonds is 9. The first kappa shape index (κ1) is 26.9. The van der Waals surface area contributed by atoms with Gasteiger partial charge in [0.25, 0.3) is 10.0 Å². The predicted molar refractivity (Wildman–Crippen MR) is 145 cm³/mol. The molecular formula is C26H27Cl3N2O4S. The van der Waals surface area contributed by atoms with Crippen molar-refractivity contribution < 1.29 is 18.3 Å². The molecule has 0 aliphatic carbocycles. The molecule has 1 aliphatic heterocycles. The van der Waals surface area contributed by atoms with Gasteiger partial charge in [-0.15, -0.1) is 0 Å². The zero-order valence-electron chi connectivity index (χ0n) is 19.8. The lowest BCUT2D eigenvalue weighted by molar-refractivity contribution is 0.238. The molecule has 1 heterocycles. The Morgan fingerprint density at radius 1 is 0.972 bits per heavy atom. The van der Waals surface area contributed by atoms with E-state index < -0.39 is 10.0 Å². The molecule has 1 aliphatic rings. The second-order valence-corrected chi connectivity index (χ2v) is 11.8. The number of likely N-dealkylation sites (tertiary alicyclic amines) is 1. The third kappa shape index (κ3) is 6.21. The molecule has 3 aromatic carbocycles. The van der Waals surface area contributed by atoms with E-state index >= 15 is 0 Å². The minimum absolute atomic E-state index is 0.00909. The van der Waals surface area contributed by atoms with Crippen molar-refractivity contribution in [3.63, 3.8) is 0 Å². The van der Waals surface area contributed by atoms with E-state index in [1.165, 1.54) is 35.3 Å². The Morgan fingerprint density at radius 3 is 2.31 bits per heavy atom. The Bertz CT molecular complexity index is 1300. The van der Waals surface area contributed by atoms with E-state index in [2.05, 4.69) is 4.90 Å². The molecule has 36 heavy (non-hydrogen) atoms. The van der Waals surface area contributed by atoms with Gasteiger partial charge in [0.2, 0.25) is 0 Å². The topological polar surface area (TPSA) is 70.1 Å². The van der Waals surface area contributed by atoms with Crippen LogP contribution in [0.5, 0.6) is 11.5 Å². The number of benzene rings is 3. The van der Waals surface area contributed by atoms with Crippen LogP contribution in [0.15, 0.2) is 59.5 Å². The Labute approximate surface area is 227 Å². The highest BCUT2D eigenvalue weighted by Gasteiger charge is 2.30. The molecule has 4 rings (SSSR count). The van der Waals surface area contributed by atoms with Crippen LogP contribution in [0.2, 0.25) is 15.1 Å². The number of aromatic hydroxyl groups is 1. The summed E-state index contributed by atoms with van der Waals surface area (Å²) in [5.74, 6) is 0.642. The summed E-state index contributed by atoms with van der Waals surface area (Å²) in [4.78, 5) is 2.33. The van der Waals surface area contributed by atoms with Gasteiger partial charge >= 0.3 is 0 Å². The average molecular weight is 570 g/mol.